The summed E-state index contributed by atoms with van der Waals surface area (Å²) < 4.78 is 7.56. The van der Waals surface area contributed by atoms with E-state index in [1.165, 1.54) is 0 Å². The summed E-state index contributed by atoms with van der Waals surface area (Å²) in [5.74, 6) is 2.17. The second-order valence-electron chi connectivity index (χ2n) is 6.71. The number of hydrogen-bond donors (Lipinski definition) is 2. The van der Waals surface area contributed by atoms with Crippen LogP contribution in [0.25, 0.3) is 11.6 Å². The first-order chi connectivity index (χ1) is 13.2. The van der Waals surface area contributed by atoms with E-state index < -0.39 is 0 Å². The Morgan fingerprint density at radius 1 is 1.33 bits per heavy atom. The minimum Gasteiger partial charge on any atom is -0.496 e. The average Bonchev–Trinajstić information content (AvgIpc) is 3.28. The number of carbonyl (C=O) groups excluding carboxylic acids is 1. The predicted octanol–water partition coefficient (Wildman–Crippen LogP) is 2.76. The highest BCUT2D eigenvalue weighted by Gasteiger charge is 2.28. The number of para-hydroxylation sites is 1. The summed E-state index contributed by atoms with van der Waals surface area (Å²) in [6.45, 7) is 3.52. The van der Waals surface area contributed by atoms with Crippen molar-refractivity contribution in [1.29, 1.82) is 0 Å². The lowest BCUT2D eigenvalue weighted by molar-refractivity contribution is 0.0950. The normalized spacial score (nSPS) is 16.5. The maximum atomic E-state index is 12.6. The van der Waals surface area contributed by atoms with Crippen LogP contribution in [-0.2, 0) is 13.0 Å². The number of nitrogens with zero attached hydrogens (tertiary/aromatic N) is 3. The topological polar surface area (TPSA) is 84.8 Å². The summed E-state index contributed by atoms with van der Waals surface area (Å²) >= 11 is 0. The van der Waals surface area contributed by atoms with E-state index in [0.717, 1.165) is 35.8 Å². The number of fused-ring (bicyclic) bond motifs is 1. The highest BCUT2D eigenvalue weighted by atomic mass is 16.5. The molecule has 27 heavy (non-hydrogen) atoms. The molecule has 0 radical (unpaired) electrons. The summed E-state index contributed by atoms with van der Waals surface area (Å²) in [6.07, 6.45) is 5.37. The van der Waals surface area contributed by atoms with Crippen molar-refractivity contribution >= 4 is 5.91 Å². The smallest absolute Gasteiger partial charge is 0.271 e. The molecule has 0 saturated heterocycles. The minimum atomic E-state index is -0.154. The molecule has 0 bridgehead atoms. The second-order valence-corrected chi connectivity index (χ2v) is 6.71. The molecule has 7 nitrogen and oxygen atoms in total. The number of methoxy groups -OCH3 is 1. The number of amides is 1. The number of rotatable bonds is 5. The fourth-order valence-corrected chi connectivity index (χ4v) is 3.64. The maximum Gasteiger partial charge on any atom is 0.271 e. The Morgan fingerprint density at radius 2 is 2.19 bits per heavy atom. The van der Waals surface area contributed by atoms with Crippen LogP contribution in [0.3, 0.4) is 0 Å². The quantitative estimate of drug-likeness (QED) is 0.728. The molecular weight excluding hydrogens is 342 g/mol. The van der Waals surface area contributed by atoms with Gasteiger partial charge >= 0.3 is 0 Å². The zero-order valence-electron chi connectivity index (χ0n) is 15.5. The molecule has 2 N–H and O–H groups in total. The van der Waals surface area contributed by atoms with E-state index in [9.17, 15) is 4.79 Å². The van der Waals surface area contributed by atoms with Crippen LogP contribution in [0.5, 0.6) is 5.75 Å². The van der Waals surface area contributed by atoms with Gasteiger partial charge in [0.15, 0.2) is 11.6 Å². The molecule has 0 unspecified atom stereocenters. The van der Waals surface area contributed by atoms with E-state index in [1.807, 2.05) is 35.0 Å². The fraction of sp³-hybridized carbons (Fsp3) is 0.350. The monoisotopic (exact) mass is 365 g/mol. The van der Waals surface area contributed by atoms with Gasteiger partial charge in [-0.25, -0.2) is 9.97 Å². The number of nitrogens with one attached hydrogen (secondary N) is 2. The Hall–Kier alpha value is -3.09. The van der Waals surface area contributed by atoms with Gasteiger partial charge in [-0.1, -0.05) is 25.1 Å². The third kappa shape index (κ3) is 3.20. The van der Waals surface area contributed by atoms with Gasteiger partial charge in [0.25, 0.3) is 5.91 Å². The van der Waals surface area contributed by atoms with E-state index in [2.05, 4.69) is 27.2 Å². The molecule has 7 heteroatoms. The predicted molar refractivity (Wildman–Crippen MR) is 102 cm³/mol. The molecule has 1 aliphatic rings. The Balaban J connectivity index is 1.70. The summed E-state index contributed by atoms with van der Waals surface area (Å²) in [5.41, 5.74) is 2.37. The number of aromatic nitrogens is 4. The van der Waals surface area contributed by atoms with E-state index in [4.69, 9.17) is 4.74 Å². The second kappa shape index (κ2) is 7.26. The number of ether oxygens (including phenoxy) is 1. The molecule has 1 aliphatic heterocycles. The van der Waals surface area contributed by atoms with Gasteiger partial charge in [0, 0.05) is 37.1 Å². The number of aromatic amines is 1. The lowest BCUT2D eigenvalue weighted by Crippen LogP contribution is -2.26. The van der Waals surface area contributed by atoms with Crippen LogP contribution in [-0.4, -0.2) is 39.1 Å². The molecule has 1 amide bonds. The number of carbonyl (C=O) groups is 1. The molecule has 1 aromatic carbocycles. The zero-order valence-corrected chi connectivity index (χ0v) is 15.5. The maximum absolute atomic E-state index is 12.6. The molecule has 140 valence electrons. The first kappa shape index (κ1) is 17.3. The van der Waals surface area contributed by atoms with Crippen LogP contribution in [0, 0.1) is 0 Å². The van der Waals surface area contributed by atoms with Gasteiger partial charge in [-0.2, -0.15) is 0 Å². The van der Waals surface area contributed by atoms with Crippen molar-refractivity contribution in [3.8, 4) is 17.4 Å². The van der Waals surface area contributed by atoms with E-state index >= 15 is 0 Å². The highest BCUT2D eigenvalue weighted by Crippen LogP contribution is 2.31. The van der Waals surface area contributed by atoms with Gasteiger partial charge in [0.2, 0.25) is 0 Å². The lowest BCUT2D eigenvalue weighted by atomic mass is 9.93. The van der Waals surface area contributed by atoms with E-state index in [0.29, 0.717) is 24.5 Å². The molecule has 0 spiro atoms. The van der Waals surface area contributed by atoms with Crippen molar-refractivity contribution in [2.45, 2.75) is 32.2 Å². The highest BCUT2D eigenvalue weighted by molar-refractivity contribution is 5.94. The third-order valence-corrected chi connectivity index (χ3v) is 4.92. The van der Waals surface area contributed by atoms with Crippen LogP contribution < -0.4 is 10.1 Å². The Bertz CT molecular complexity index is 959. The van der Waals surface area contributed by atoms with Crippen LogP contribution >= 0.6 is 0 Å². The number of hydrogen-bond acceptors (Lipinski definition) is 4. The first-order valence-corrected chi connectivity index (χ1v) is 9.22. The number of H-pyrrole nitrogens is 1. The summed E-state index contributed by atoms with van der Waals surface area (Å²) in [4.78, 5) is 24.9. The largest absolute Gasteiger partial charge is 0.496 e. The van der Waals surface area contributed by atoms with Gasteiger partial charge < -0.3 is 19.6 Å². The van der Waals surface area contributed by atoms with Crippen molar-refractivity contribution in [2.75, 3.05) is 13.7 Å². The van der Waals surface area contributed by atoms with Crippen LogP contribution in [0.4, 0.5) is 0 Å². The summed E-state index contributed by atoms with van der Waals surface area (Å²) in [5, 5.41) is 2.99. The molecule has 0 aliphatic carbocycles. The van der Waals surface area contributed by atoms with Crippen molar-refractivity contribution in [2.24, 2.45) is 0 Å². The van der Waals surface area contributed by atoms with Gasteiger partial charge in [-0.15, -0.1) is 0 Å². The third-order valence-electron chi connectivity index (χ3n) is 4.92. The average molecular weight is 365 g/mol. The van der Waals surface area contributed by atoms with Crippen LogP contribution in [0.1, 0.15) is 41.0 Å². The minimum absolute atomic E-state index is 0.107. The number of imidazole rings is 2. The Morgan fingerprint density at radius 3 is 3.00 bits per heavy atom. The summed E-state index contributed by atoms with van der Waals surface area (Å²) in [6, 6.07) is 7.94. The van der Waals surface area contributed by atoms with Gasteiger partial charge in [-0.05, 0) is 24.5 Å². The first-order valence-electron chi connectivity index (χ1n) is 9.22. The molecule has 3 heterocycles. The number of benzene rings is 1. The fourth-order valence-electron chi connectivity index (χ4n) is 3.64. The molecule has 2 aromatic heterocycles. The van der Waals surface area contributed by atoms with Crippen molar-refractivity contribution < 1.29 is 9.53 Å². The van der Waals surface area contributed by atoms with Gasteiger partial charge in [0.05, 0.1) is 7.11 Å². The van der Waals surface area contributed by atoms with Crippen LogP contribution in [0.2, 0.25) is 0 Å². The summed E-state index contributed by atoms with van der Waals surface area (Å²) in [7, 11) is 1.67. The molecule has 3 aromatic rings. The molecular formula is C20H23N5O2. The van der Waals surface area contributed by atoms with Crippen molar-refractivity contribution in [1.82, 2.24) is 24.8 Å². The molecule has 1 atom stereocenters. The van der Waals surface area contributed by atoms with Crippen LogP contribution in [0.15, 0.2) is 36.7 Å². The SMILES string of the molecule is CCCn1ccnc1-c1nc2c([nH]1)C[C@@H](c1ccccc1OC)CNC2=O. The van der Waals surface area contributed by atoms with Crippen molar-refractivity contribution in [3.05, 3.63) is 53.6 Å². The Labute approximate surface area is 157 Å². The van der Waals surface area contributed by atoms with Gasteiger partial charge in [-0.3, -0.25) is 4.79 Å². The van der Waals surface area contributed by atoms with E-state index in [-0.39, 0.29) is 11.8 Å². The number of aryl methyl sites for hydroxylation is 1. The molecule has 0 saturated carbocycles. The lowest BCUT2D eigenvalue weighted by Gasteiger charge is -2.17. The molecule has 4 rings (SSSR count). The van der Waals surface area contributed by atoms with Gasteiger partial charge in [0.1, 0.15) is 11.4 Å². The van der Waals surface area contributed by atoms with Crippen molar-refractivity contribution in [3.63, 3.8) is 0 Å². The standard InChI is InChI=1S/C20H23N5O2/c1-3-9-25-10-8-21-19(25)18-23-15-11-13(12-22-20(26)17(15)24-18)14-6-4-5-7-16(14)27-2/h4-8,10,13H,3,9,11-12H2,1-2H3,(H,22,26)(H,23,24)/t13-/m1/s1. The zero-order chi connectivity index (χ0) is 18.8. The Kier molecular flexibility index (Phi) is 4.66. The van der Waals surface area contributed by atoms with E-state index in [1.54, 1.807) is 13.3 Å². The molecule has 0 fully saturated rings.